The van der Waals surface area contributed by atoms with Gasteiger partial charge in [0.2, 0.25) is 0 Å². The number of nitrogens with two attached hydrogens (primary N) is 1. The molecule has 1 aliphatic rings. The van der Waals surface area contributed by atoms with Crippen molar-refractivity contribution in [1.82, 2.24) is 19.8 Å². The molecule has 1 aliphatic heterocycles. The van der Waals surface area contributed by atoms with E-state index in [0.717, 1.165) is 37.1 Å². The Morgan fingerprint density at radius 2 is 1.92 bits per heavy atom. The van der Waals surface area contributed by atoms with Gasteiger partial charge in [-0.1, -0.05) is 11.6 Å². The van der Waals surface area contributed by atoms with E-state index in [9.17, 15) is 9.59 Å². The van der Waals surface area contributed by atoms with Gasteiger partial charge in [0.1, 0.15) is 17.0 Å². The number of rotatable bonds is 5. The fourth-order valence-electron chi connectivity index (χ4n) is 4.37. The van der Waals surface area contributed by atoms with Crippen LogP contribution in [0.25, 0.3) is 0 Å². The van der Waals surface area contributed by atoms with Crippen molar-refractivity contribution in [3.8, 4) is 0 Å². The summed E-state index contributed by atoms with van der Waals surface area (Å²) in [4.78, 5) is 37.5. The minimum atomic E-state index is -0.681. The predicted molar refractivity (Wildman–Crippen MR) is 143 cm³/mol. The lowest BCUT2D eigenvalue weighted by molar-refractivity contribution is 0.0635. The lowest BCUT2D eigenvalue weighted by Gasteiger charge is -2.33. The average Bonchev–Trinajstić information content (AvgIpc) is 2.76. The first-order chi connectivity index (χ1) is 16.8. The van der Waals surface area contributed by atoms with Crippen molar-refractivity contribution < 1.29 is 14.3 Å². The molecule has 1 saturated heterocycles. The van der Waals surface area contributed by atoms with E-state index in [4.69, 9.17) is 22.1 Å². The van der Waals surface area contributed by atoms with Gasteiger partial charge in [0.25, 0.3) is 5.91 Å². The average molecular weight is 518 g/mol. The van der Waals surface area contributed by atoms with Gasteiger partial charge in [-0.05, 0) is 77.2 Å². The summed E-state index contributed by atoms with van der Waals surface area (Å²) < 4.78 is 5.29. The molecule has 2 aromatic rings. The zero-order chi connectivity index (χ0) is 26.8. The Balaban J connectivity index is 2.01. The molecule has 36 heavy (non-hydrogen) atoms. The highest BCUT2D eigenvalue weighted by Crippen LogP contribution is 2.41. The Kier molecular flexibility index (Phi) is 8.30. The molecule has 4 N–H and O–H groups in total. The number of halogens is 1. The number of hydrogen-bond donors (Lipinski definition) is 3. The van der Waals surface area contributed by atoms with Crippen molar-refractivity contribution in [3.05, 3.63) is 34.1 Å². The zero-order valence-electron chi connectivity index (χ0n) is 22.0. The maximum atomic E-state index is 13.2. The molecule has 1 aromatic heterocycles. The van der Waals surface area contributed by atoms with Crippen molar-refractivity contribution in [2.45, 2.75) is 52.1 Å². The number of nitrogens with one attached hydrogen (secondary N) is 2. The van der Waals surface area contributed by atoms with Gasteiger partial charge in [-0.3, -0.25) is 10.1 Å². The number of nitrogen functional groups attached to an aromatic ring is 1. The first-order valence-corrected chi connectivity index (χ1v) is 12.3. The molecule has 0 aliphatic carbocycles. The highest BCUT2D eigenvalue weighted by molar-refractivity contribution is 6.35. The number of aryl methyl sites for hydroxylation is 1. The standard InChI is InChI=1S/C25H36ClN7O3/c1-14-11-16(30-21-19(26)22(29-13-28-21)31-24(35)36-25(2,3)4)20(27)18(17(14)23(34)32(5)6)15-9-8-10-33(7)12-15/h11,13,15H,8-10,12,27H2,1-7H3,(H2,28,29,30,31,35). The number of hydrogen-bond acceptors (Lipinski definition) is 8. The summed E-state index contributed by atoms with van der Waals surface area (Å²) in [5, 5.41) is 5.85. The Hall–Kier alpha value is -3.11. The first-order valence-electron chi connectivity index (χ1n) is 11.9. The number of ether oxygens (including phenoxy) is 1. The predicted octanol–water partition coefficient (Wildman–Crippen LogP) is 4.62. The van der Waals surface area contributed by atoms with Gasteiger partial charge in [-0.2, -0.15) is 0 Å². The number of amides is 2. The number of carbonyl (C=O) groups excluding carboxylic acids is 2. The van der Waals surface area contributed by atoms with E-state index in [1.807, 2.05) is 13.0 Å². The van der Waals surface area contributed by atoms with E-state index in [0.29, 0.717) is 16.9 Å². The van der Waals surface area contributed by atoms with Crippen molar-refractivity contribution in [2.24, 2.45) is 0 Å². The molecule has 1 fully saturated rings. The van der Waals surface area contributed by atoms with Gasteiger partial charge in [0, 0.05) is 26.2 Å². The molecule has 2 heterocycles. The summed E-state index contributed by atoms with van der Waals surface area (Å²) in [5.74, 6) is 0.390. The third-order valence-electron chi connectivity index (χ3n) is 5.92. The fourth-order valence-corrected chi connectivity index (χ4v) is 4.56. The van der Waals surface area contributed by atoms with Gasteiger partial charge in [0.05, 0.1) is 11.4 Å². The molecule has 196 valence electrons. The van der Waals surface area contributed by atoms with Crippen molar-refractivity contribution >= 4 is 46.6 Å². The van der Waals surface area contributed by atoms with Crippen molar-refractivity contribution in [2.75, 3.05) is 50.6 Å². The maximum Gasteiger partial charge on any atom is 0.413 e. The number of nitrogens with zero attached hydrogens (tertiary/aromatic N) is 4. The third-order valence-corrected chi connectivity index (χ3v) is 6.28. The molecule has 1 unspecified atom stereocenters. The van der Waals surface area contributed by atoms with Crippen LogP contribution in [0.2, 0.25) is 5.02 Å². The van der Waals surface area contributed by atoms with Crippen LogP contribution in [0.15, 0.2) is 12.4 Å². The number of likely N-dealkylation sites (N-methyl/N-ethyl adjacent to an activating group) is 1. The Labute approximate surface area is 217 Å². The van der Waals surface area contributed by atoms with E-state index in [2.05, 4.69) is 32.5 Å². The van der Waals surface area contributed by atoms with Crippen LogP contribution in [0.5, 0.6) is 0 Å². The van der Waals surface area contributed by atoms with Crippen LogP contribution in [0, 0.1) is 6.92 Å². The van der Waals surface area contributed by atoms with Gasteiger partial charge in [0.15, 0.2) is 11.6 Å². The summed E-state index contributed by atoms with van der Waals surface area (Å²) in [6, 6.07) is 1.82. The molecular weight excluding hydrogens is 482 g/mol. The lowest BCUT2D eigenvalue weighted by Crippen LogP contribution is -2.33. The second-order valence-corrected chi connectivity index (χ2v) is 10.8. The normalized spacial score (nSPS) is 16.4. The number of likely N-dealkylation sites (tertiary alicyclic amines) is 1. The van der Waals surface area contributed by atoms with Crippen LogP contribution < -0.4 is 16.4 Å². The molecule has 0 bridgehead atoms. The molecule has 3 rings (SSSR count). The Bertz CT molecular complexity index is 1150. The maximum absolute atomic E-state index is 13.2. The van der Waals surface area contributed by atoms with Crippen LogP contribution in [-0.2, 0) is 4.74 Å². The van der Waals surface area contributed by atoms with Crippen LogP contribution in [0.1, 0.15) is 61.0 Å². The smallest absolute Gasteiger partial charge is 0.413 e. The van der Waals surface area contributed by atoms with Crippen LogP contribution in [0.4, 0.5) is 27.8 Å². The monoisotopic (exact) mass is 517 g/mol. The summed E-state index contributed by atoms with van der Waals surface area (Å²) >= 11 is 6.53. The van der Waals surface area contributed by atoms with Gasteiger partial charge < -0.3 is 25.6 Å². The Morgan fingerprint density at radius 3 is 2.53 bits per heavy atom. The van der Waals surface area contributed by atoms with E-state index >= 15 is 0 Å². The minimum absolute atomic E-state index is 0.0853. The first kappa shape index (κ1) is 27.5. The highest BCUT2D eigenvalue weighted by atomic mass is 35.5. The Morgan fingerprint density at radius 1 is 1.25 bits per heavy atom. The molecule has 10 nitrogen and oxygen atoms in total. The number of aromatic nitrogens is 2. The highest BCUT2D eigenvalue weighted by Gasteiger charge is 2.30. The molecule has 0 saturated carbocycles. The summed E-state index contributed by atoms with van der Waals surface area (Å²) in [6.45, 7) is 9.00. The van der Waals surface area contributed by atoms with E-state index in [1.54, 1.807) is 39.8 Å². The van der Waals surface area contributed by atoms with Gasteiger partial charge >= 0.3 is 6.09 Å². The third kappa shape index (κ3) is 6.36. The van der Waals surface area contributed by atoms with Crippen molar-refractivity contribution in [1.29, 1.82) is 0 Å². The molecule has 2 amide bonds. The van der Waals surface area contributed by atoms with Crippen LogP contribution in [0.3, 0.4) is 0 Å². The second-order valence-electron chi connectivity index (χ2n) is 10.4. The second kappa shape index (κ2) is 10.9. The summed E-state index contributed by atoms with van der Waals surface area (Å²) in [7, 11) is 5.55. The topological polar surface area (TPSA) is 126 Å². The van der Waals surface area contributed by atoms with E-state index in [1.165, 1.54) is 6.33 Å². The molecule has 0 radical (unpaired) electrons. The minimum Gasteiger partial charge on any atom is -0.444 e. The van der Waals surface area contributed by atoms with Crippen molar-refractivity contribution in [3.63, 3.8) is 0 Å². The number of benzene rings is 1. The van der Waals surface area contributed by atoms with Gasteiger partial charge in [-0.15, -0.1) is 0 Å². The number of piperidine rings is 1. The zero-order valence-corrected chi connectivity index (χ0v) is 22.8. The number of carbonyl (C=O) groups is 2. The van der Waals surface area contributed by atoms with E-state index < -0.39 is 11.7 Å². The van der Waals surface area contributed by atoms with E-state index in [-0.39, 0.29) is 28.5 Å². The quantitative estimate of drug-likeness (QED) is 0.490. The van der Waals surface area contributed by atoms with Gasteiger partial charge in [-0.25, -0.2) is 14.8 Å². The molecule has 0 spiro atoms. The van der Waals surface area contributed by atoms with Crippen LogP contribution in [-0.4, -0.2) is 71.6 Å². The molecule has 1 atom stereocenters. The largest absolute Gasteiger partial charge is 0.444 e. The SMILES string of the molecule is Cc1cc(Nc2ncnc(NC(=O)OC(C)(C)C)c2Cl)c(N)c(C2CCCN(C)C2)c1C(=O)N(C)C. The van der Waals surface area contributed by atoms with Crippen LogP contribution >= 0.6 is 11.6 Å². The lowest BCUT2D eigenvalue weighted by atomic mass is 9.83. The summed E-state index contributed by atoms with van der Waals surface area (Å²) in [5.41, 5.74) is 9.36. The molecule has 11 heteroatoms. The summed E-state index contributed by atoms with van der Waals surface area (Å²) in [6.07, 6.45) is 2.55. The molecule has 1 aromatic carbocycles. The molecular formula is C25H36ClN7O3. The number of anilines is 4. The fraction of sp³-hybridized carbons (Fsp3) is 0.520.